The second-order valence-corrected chi connectivity index (χ2v) is 6.96. The van der Waals surface area contributed by atoms with Gasteiger partial charge >= 0.3 is 0 Å². The highest BCUT2D eigenvalue weighted by Crippen LogP contribution is 2.34. The zero-order valence-corrected chi connectivity index (χ0v) is 11.8. The standard InChI is InChI=1S/C12H22O4S/c1-5-7-12(11(4)6-8-15-12)9-16-17(13,14)10(2)3/h5,7,10-11H,6,8-9H2,1-4H3/b7-5+/t11-,12+/m1/s1. The summed E-state index contributed by atoms with van der Waals surface area (Å²) in [4.78, 5) is 0. The van der Waals surface area contributed by atoms with E-state index in [9.17, 15) is 8.42 Å². The Hall–Kier alpha value is -0.390. The quantitative estimate of drug-likeness (QED) is 0.562. The molecule has 0 aromatic heterocycles. The van der Waals surface area contributed by atoms with Crippen molar-refractivity contribution < 1.29 is 17.3 Å². The predicted octanol–water partition coefficient (Wildman–Crippen LogP) is 2.11. The Balaban J connectivity index is 2.77. The highest BCUT2D eigenvalue weighted by molar-refractivity contribution is 7.87. The second kappa shape index (κ2) is 5.50. The molecular formula is C12H22O4S. The molecule has 4 nitrogen and oxygen atoms in total. The summed E-state index contributed by atoms with van der Waals surface area (Å²) in [5, 5.41) is -0.526. The Morgan fingerprint density at radius 2 is 2.18 bits per heavy atom. The van der Waals surface area contributed by atoms with E-state index in [0.29, 0.717) is 6.61 Å². The Morgan fingerprint density at radius 1 is 1.53 bits per heavy atom. The van der Waals surface area contributed by atoms with Gasteiger partial charge in [0, 0.05) is 6.61 Å². The molecule has 0 N–H and O–H groups in total. The van der Waals surface area contributed by atoms with E-state index in [-0.39, 0.29) is 12.5 Å². The number of ether oxygens (including phenoxy) is 1. The van der Waals surface area contributed by atoms with Crippen LogP contribution in [0.25, 0.3) is 0 Å². The fraction of sp³-hybridized carbons (Fsp3) is 0.833. The van der Waals surface area contributed by atoms with E-state index >= 15 is 0 Å². The third-order valence-corrected chi connectivity index (χ3v) is 4.83. The minimum atomic E-state index is -3.48. The maximum absolute atomic E-state index is 11.6. The molecule has 1 aliphatic heterocycles. The number of hydrogen-bond donors (Lipinski definition) is 0. The van der Waals surface area contributed by atoms with Crippen LogP contribution in [0.1, 0.15) is 34.1 Å². The topological polar surface area (TPSA) is 52.6 Å². The van der Waals surface area contributed by atoms with Crippen LogP contribution in [-0.4, -0.2) is 32.5 Å². The fourth-order valence-corrected chi connectivity index (χ4v) is 2.47. The maximum Gasteiger partial charge on any atom is 0.269 e. The van der Waals surface area contributed by atoms with E-state index in [1.54, 1.807) is 13.8 Å². The van der Waals surface area contributed by atoms with Crippen LogP contribution in [-0.2, 0) is 19.0 Å². The van der Waals surface area contributed by atoms with Crippen LogP contribution in [0, 0.1) is 5.92 Å². The molecule has 1 saturated heterocycles. The molecule has 0 saturated carbocycles. The van der Waals surface area contributed by atoms with Crippen molar-refractivity contribution in [1.29, 1.82) is 0 Å². The summed E-state index contributed by atoms with van der Waals surface area (Å²) in [6.45, 7) is 7.88. The first-order chi connectivity index (χ1) is 7.84. The number of allylic oxidation sites excluding steroid dienone is 1. The van der Waals surface area contributed by atoms with Gasteiger partial charge in [0.05, 0.1) is 11.9 Å². The van der Waals surface area contributed by atoms with Gasteiger partial charge in [0.2, 0.25) is 0 Å². The van der Waals surface area contributed by atoms with Crippen molar-refractivity contribution in [2.24, 2.45) is 5.92 Å². The SMILES string of the molecule is C/C=C/[C@@]1(COS(=O)(=O)C(C)C)OCC[C@H]1C. The molecule has 0 bridgehead atoms. The van der Waals surface area contributed by atoms with E-state index < -0.39 is 21.0 Å². The van der Waals surface area contributed by atoms with Gasteiger partial charge in [-0.05, 0) is 33.1 Å². The van der Waals surface area contributed by atoms with Gasteiger partial charge in [-0.3, -0.25) is 4.18 Å². The Morgan fingerprint density at radius 3 is 2.59 bits per heavy atom. The van der Waals surface area contributed by atoms with Crippen molar-refractivity contribution in [3.8, 4) is 0 Å². The van der Waals surface area contributed by atoms with E-state index in [0.717, 1.165) is 6.42 Å². The van der Waals surface area contributed by atoms with Gasteiger partial charge in [-0.25, -0.2) is 0 Å². The van der Waals surface area contributed by atoms with Crippen molar-refractivity contribution in [2.75, 3.05) is 13.2 Å². The van der Waals surface area contributed by atoms with Crippen molar-refractivity contribution >= 4 is 10.1 Å². The average Bonchev–Trinajstić information content (AvgIpc) is 2.59. The molecule has 0 aliphatic carbocycles. The molecule has 1 fully saturated rings. The third-order valence-electron chi connectivity index (χ3n) is 3.23. The Kier molecular flexibility index (Phi) is 4.75. The molecule has 0 radical (unpaired) electrons. The van der Waals surface area contributed by atoms with E-state index in [1.807, 2.05) is 19.1 Å². The predicted molar refractivity (Wildman–Crippen MR) is 67.3 cm³/mol. The van der Waals surface area contributed by atoms with Crippen molar-refractivity contribution in [1.82, 2.24) is 0 Å². The molecule has 1 heterocycles. The van der Waals surface area contributed by atoms with Crippen LogP contribution in [0.5, 0.6) is 0 Å². The van der Waals surface area contributed by atoms with Crippen molar-refractivity contribution in [2.45, 2.75) is 45.0 Å². The van der Waals surface area contributed by atoms with Gasteiger partial charge in [0.15, 0.2) is 0 Å². The molecule has 100 valence electrons. The molecular weight excluding hydrogens is 240 g/mol. The Bertz CT molecular complexity index is 372. The van der Waals surface area contributed by atoms with E-state index in [4.69, 9.17) is 8.92 Å². The van der Waals surface area contributed by atoms with E-state index in [2.05, 4.69) is 6.92 Å². The highest BCUT2D eigenvalue weighted by Gasteiger charge is 2.41. The van der Waals surface area contributed by atoms with Crippen molar-refractivity contribution in [3.63, 3.8) is 0 Å². The zero-order valence-electron chi connectivity index (χ0n) is 11.0. The lowest BCUT2D eigenvalue weighted by atomic mass is 9.89. The van der Waals surface area contributed by atoms with Crippen LogP contribution < -0.4 is 0 Å². The Labute approximate surface area is 104 Å². The van der Waals surface area contributed by atoms with Crippen LogP contribution in [0.4, 0.5) is 0 Å². The highest BCUT2D eigenvalue weighted by atomic mass is 32.2. The first-order valence-corrected chi connectivity index (χ1v) is 7.47. The monoisotopic (exact) mass is 262 g/mol. The lowest BCUT2D eigenvalue weighted by Gasteiger charge is -2.29. The van der Waals surface area contributed by atoms with Gasteiger partial charge in [0.1, 0.15) is 5.60 Å². The lowest BCUT2D eigenvalue weighted by molar-refractivity contribution is -0.0109. The first-order valence-electron chi connectivity index (χ1n) is 6.00. The zero-order chi connectivity index (χ0) is 13.1. The molecule has 1 rings (SSSR count). The van der Waals surface area contributed by atoms with Gasteiger partial charge in [-0.1, -0.05) is 19.1 Å². The second-order valence-electron chi connectivity index (χ2n) is 4.80. The summed E-state index contributed by atoms with van der Waals surface area (Å²) in [6.07, 6.45) is 4.71. The molecule has 2 atom stereocenters. The van der Waals surface area contributed by atoms with E-state index in [1.165, 1.54) is 0 Å². The third kappa shape index (κ3) is 3.30. The van der Waals surface area contributed by atoms with Gasteiger partial charge in [0.25, 0.3) is 10.1 Å². The van der Waals surface area contributed by atoms with Gasteiger partial charge in [-0.2, -0.15) is 8.42 Å². The number of hydrogen-bond acceptors (Lipinski definition) is 4. The minimum absolute atomic E-state index is 0.0685. The lowest BCUT2D eigenvalue weighted by Crippen LogP contribution is -2.39. The molecule has 0 spiro atoms. The normalized spacial score (nSPS) is 30.5. The molecule has 17 heavy (non-hydrogen) atoms. The minimum Gasteiger partial charge on any atom is -0.368 e. The summed E-state index contributed by atoms with van der Waals surface area (Å²) < 4.78 is 34.1. The van der Waals surface area contributed by atoms with Crippen LogP contribution >= 0.6 is 0 Å². The largest absolute Gasteiger partial charge is 0.368 e. The summed E-state index contributed by atoms with van der Waals surface area (Å²) in [5.74, 6) is 0.265. The first kappa shape index (κ1) is 14.7. The van der Waals surface area contributed by atoms with Crippen LogP contribution in [0.3, 0.4) is 0 Å². The van der Waals surface area contributed by atoms with Gasteiger partial charge < -0.3 is 4.74 Å². The summed E-state index contributed by atoms with van der Waals surface area (Å²) >= 11 is 0. The molecule has 0 aromatic carbocycles. The summed E-state index contributed by atoms with van der Waals surface area (Å²) in [7, 11) is -3.48. The molecule has 0 aromatic rings. The fourth-order valence-electron chi connectivity index (χ4n) is 1.85. The molecule has 1 aliphatic rings. The molecule has 0 amide bonds. The van der Waals surface area contributed by atoms with Gasteiger partial charge in [-0.15, -0.1) is 0 Å². The molecule has 5 heteroatoms. The summed E-state index contributed by atoms with van der Waals surface area (Å²) in [5.41, 5.74) is -0.587. The molecule has 0 unspecified atom stereocenters. The van der Waals surface area contributed by atoms with Crippen LogP contribution in [0.15, 0.2) is 12.2 Å². The van der Waals surface area contributed by atoms with Crippen LogP contribution in [0.2, 0.25) is 0 Å². The van der Waals surface area contributed by atoms with Crippen molar-refractivity contribution in [3.05, 3.63) is 12.2 Å². The smallest absolute Gasteiger partial charge is 0.269 e. The number of rotatable bonds is 5. The maximum atomic E-state index is 11.6. The average molecular weight is 262 g/mol. The summed E-state index contributed by atoms with van der Waals surface area (Å²) in [6, 6.07) is 0.